The van der Waals surface area contributed by atoms with Crippen LogP contribution in [-0.4, -0.2) is 56.4 Å². The number of anilines is 2. The molecule has 3 heterocycles. The SMILES string of the molecule is COc1ccc2[nH]cc(CCN=C(NC(=O)CSc3nnc(N)s3)Nc3nc(C)cc(C)n3)c2c1. The predicted molar refractivity (Wildman–Crippen MR) is 139 cm³/mol. The lowest BCUT2D eigenvalue weighted by Crippen LogP contribution is -2.38. The number of nitrogens with two attached hydrogens (primary N) is 1. The number of thioether (sulfide) groups is 1. The lowest BCUT2D eigenvalue weighted by atomic mass is 10.1. The number of aromatic nitrogens is 5. The van der Waals surface area contributed by atoms with Gasteiger partial charge in [-0.25, -0.2) is 9.97 Å². The van der Waals surface area contributed by atoms with E-state index in [9.17, 15) is 4.79 Å². The zero-order valence-corrected chi connectivity index (χ0v) is 21.1. The van der Waals surface area contributed by atoms with Gasteiger partial charge in [0, 0.05) is 35.0 Å². The van der Waals surface area contributed by atoms with E-state index < -0.39 is 0 Å². The highest BCUT2D eigenvalue weighted by atomic mass is 32.2. The number of hydrogen-bond donors (Lipinski definition) is 4. The molecule has 13 heteroatoms. The van der Waals surface area contributed by atoms with E-state index in [1.54, 1.807) is 7.11 Å². The van der Waals surface area contributed by atoms with Crippen molar-refractivity contribution in [3.05, 3.63) is 47.4 Å². The van der Waals surface area contributed by atoms with Crippen LogP contribution in [0, 0.1) is 13.8 Å². The van der Waals surface area contributed by atoms with E-state index in [-0.39, 0.29) is 17.6 Å². The molecule has 11 nitrogen and oxygen atoms in total. The van der Waals surface area contributed by atoms with Crippen LogP contribution in [0.5, 0.6) is 5.75 Å². The van der Waals surface area contributed by atoms with Gasteiger partial charge in [0.15, 0.2) is 4.34 Å². The van der Waals surface area contributed by atoms with Gasteiger partial charge in [0.05, 0.1) is 12.9 Å². The van der Waals surface area contributed by atoms with Crippen molar-refractivity contribution < 1.29 is 9.53 Å². The Balaban J connectivity index is 1.47. The number of fused-ring (bicyclic) bond motifs is 1. The number of aliphatic imine (C=N–C) groups is 1. The van der Waals surface area contributed by atoms with Crippen LogP contribution < -0.4 is 21.1 Å². The normalized spacial score (nSPS) is 11.6. The fourth-order valence-electron chi connectivity index (χ4n) is 3.35. The number of nitrogens with one attached hydrogen (secondary N) is 3. The highest BCUT2D eigenvalue weighted by Gasteiger charge is 2.12. The number of ether oxygens (including phenoxy) is 1. The van der Waals surface area contributed by atoms with Crippen LogP contribution in [-0.2, 0) is 11.2 Å². The van der Waals surface area contributed by atoms with Gasteiger partial charge in [-0.1, -0.05) is 23.1 Å². The third-order valence-electron chi connectivity index (χ3n) is 4.84. The molecule has 0 radical (unpaired) electrons. The van der Waals surface area contributed by atoms with Crippen molar-refractivity contribution in [2.75, 3.05) is 30.5 Å². The summed E-state index contributed by atoms with van der Waals surface area (Å²) in [7, 11) is 1.64. The van der Waals surface area contributed by atoms with Gasteiger partial charge >= 0.3 is 0 Å². The maximum absolute atomic E-state index is 12.6. The van der Waals surface area contributed by atoms with E-state index >= 15 is 0 Å². The first-order valence-corrected chi connectivity index (χ1v) is 12.5. The lowest BCUT2D eigenvalue weighted by molar-refractivity contribution is -0.117. The average molecular weight is 512 g/mol. The van der Waals surface area contributed by atoms with Crippen LogP contribution >= 0.6 is 23.1 Å². The Labute approximate surface area is 210 Å². The monoisotopic (exact) mass is 511 g/mol. The van der Waals surface area contributed by atoms with Gasteiger partial charge in [0.25, 0.3) is 0 Å². The van der Waals surface area contributed by atoms with E-state index in [0.717, 1.165) is 33.6 Å². The fourth-order valence-corrected chi connectivity index (χ4v) is 4.79. The van der Waals surface area contributed by atoms with Gasteiger partial charge in [-0.05, 0) is 50.1 Å². The molecule has 3 aromatic heterocycles. The Morgan fingerprint density at radius 3 is 2.74 bits per heavy atom. The van der Waals surface area contributed by atoms with E-state index in [4.69, 9.17) is 10.5 Å². The fraction of sp³-hybridized carbons (Fsp3) is 0.273. The largest absolute Gasteiger partial charge is 0.497 e. The first kappa shape index (κ1) is 24.4. The van der Waals surface area contributed by atoms with Crippen molar-refractivity contribution in [2.45, 2.75) is 24.6 Å². The number of methoxy groups -OCH3 is 1. The van der Waals surface area contributed by atoms with E-state index in [1.165, 1.54) is 23.1 Å². The zero-order chi connectivity index (χ0) is 24.8. The number of benzene rings is 1. The Hall–Kier alpha value is -3.71. The lowest BCUT2D eigenvalue weighted by Gasteiger charge is -2.11. The van der Waals surface area contributed by atoms with Crippen LogP contribution in [0.25, 0.3) is 10.9 Å². The van der Waals surface area contributed by atoms with Crippen LogP contribution in [0.3, 0.4) is 0 Å². The van der Waals surface area contributed by atoms with Crippen molar-refractivity contribution in [1.82, 2.24) is 30.5 Å². The summed E-state index contributed by atoms with van der Waals surface area (Å²) >= 11 is 2.48. The van der Waals surface area contributed by atoms with Crippen molar-refractivity contribution in [3.8, 4) is 5.75 Å². The molecule has 0 atom stereocenters. The molecule has 0 unspecified atom stereocenters. The van der Waals surface area contributed by atoms with Crippen molar-refractivity contribution in [2.24, 2.45) is 4.99 Å². The van der Waals surface area contributed by atoms with Gasteiger partial charge in [0.1, 0.15) is 5.75 Å². The number of hydrogen-bond acceptors (Lipinski definition) is 10. The van der Waals surface area contributed by atoms with Gasteiger partial charge in [-0.2, -0.15) is 0 Å². The Bertz CT molecular complexity index is 1350. The molecule has 4 aromatic rings. The summed E-state index contributed by atoms with van der Waals surface area (Å²) in [5.74, 6) is 1.30. The van der Waals surface area contributed by atoms with Gasteiger partial charge in [-0.3, -0.25) is 20.4 Å². The number of nitrogen functional groups attached to an aromatic ring is 1. The highest BCUT2D eigenvalue weighted by molar-refractivity contribution is 8.01. The molecule has 0 bridgehead atoms. The molecule has 0 aliphatic carbocycles. The van der Waals surface area contributed by atoms with E-state index in [2.05, 4.69) is 40.8 Å². The zero-order valence-electron chi connectivity index (χ0n) is 19.5. The summed E-state index contributed by atoms with van der Waals surface area (Å²) in [6.45, 7) is 4.19. The molecule has 4 rings (SSSR count). The minimum Gasteiger partial charge on any atom is -0.497 e. The summed E-state index contributed by atoms with van der Waals surface area (Å²) in [5, 5.41) is 15.0. The smallest absolute Gasteiger partial charge is 0.237 e. The van der Waals surface area contributed by atoms with Crippen LogP contribution in [0.1, 0.15) is 17.0 Å². The molecular formula is C22H25N9O2S2. The van der Waals surface area contributed by atoms with Crippen molar-refractivity contribution in [1.29, 1.82) is 0 Å². The second-order valence-electron chi connectivity index (χ2n) is 7.55. The second-order valence-corrected chi connectivity index (χ2v) is 9.78. The minimum atomic E-state index is -0.253. The average Bonchev–Trinajstić information content (AvgIpc) is 3.42. The number of rotatable bonds is 8. The van der Waals surface area contributed by atoms with E-state index in [1.807, 2.05) is 44.3 Å². The van der Waals surface area contributed by atoms with Crippen LogP contribution in [0.2, 0.25) is 0 Å². The van der Waals surface area contributed by atoms with Crippen molar-refractivity contribution in [3.63, 3.8) is 0 Å². The molecule has 0 spiro atoms. The molecule has 0 saturated carbocycles. The molecule has 1 aromatic carbocycles. The third-order valence-corrected chi connectivity index (χ3v) is 6.73. The maximum atomic E-state index is 12.6. The van der Waals surface area contributed by atoms with Crippen molar-refractivity contribution >= 4 is 56.9 Å². The predicted octanol–water partition coefficient (Wildman–Crippen LogP) is 2.94. The standard InChI is InChI=1S/C22H25N9O2S2/c1-12-8-13(2)27-21(26-12)29-20(28-18(32)11-34-22-31-30-19(23)35-22)24-7-6-14-10-25-17-5-4-15(33-3)9-16(14)17/h4-5,8-10,25H,6-7,11H2,1-3H3,(H2,23,30)(H2,24,26,27,28,29,32). The molecule has 1 amide bonds. The molecule has 0 aliphatic rings. The maximum Gasteiger partial charge on any atom is 0.237 e. The number of guanidine groups is 1. The molecular weight excluding hydrogens is 486 g/mol. The number of aryl methyl sites for hydroxylation is 2. The van der Waals surface area contributed by atoms with Gasteiger partial charge in [-0.15, -0.1) is 10.2 Å². The number of aromatic amines is 1. The van der Waals surface area contributed by atoms with Crippen LogP contribution in [0.15, 0.2) is 39.8 Å². The number of carbonyl (C=O) groups excluding carboxylic acids is 1. The number of amides is 1. The first-order valence-electron chi connectivity index (χ1n) is 10.7. The Morgan fingerprint density at radius 2 is 2.03 bits per heavy atom. The first-order chi connectivity index (χ1) is 16.9. The summed E-state index contributed by atoms with van der Waals surface area (Å²) in [5.41, 5.74) is 9.34. The molecule has 0 saturated heterocycles. The molecule has 0 aliphatic heterocycles. The summed E-state index contributed by atoms with van der Waals surface area (Å²) in [6, 6.07) is 7.76. The van der Waals surface area contributed by atoms with Gasteiger partial charge in [0.2, 0.25) is 22.9 Å². The van der Waals surface area contributed by atoms with Gasteiger partial charge < -0.3 is 15.5 Å². The molecule has 0 fully saturated rings. The summed E-state index contributed by atoms with van der Waals surface area (Å²) in [6.07, 6.45) is 2.61. The summed E-state index contributed by atoms with van der Waals surface area (Å²) in [4.78, 5) is 29.2. The summed E-state index contributed by atoms with van der Waals surface area (Å²) < 4.78 is 5.97. The number of carbonyl (C=O) groups is 1. The Morgan fingerprint density at radius 1 is 1.23 bits per heavy atom. The second kappa shape index (κ2) is 11.1. The minimum absolute atomic E-state index is 0.130. The third kappa shape index (κ3) is 6.67. The molecule has 182 valence electrons. The topological polar surface area (TPSA) is 156 Å². The quantitative estimate of drug-likeness (QED) is 0.159. The highest BCUT2D eigenvalue weighted by Crippen LogP contribution is 2.24. The molecule has 35 heavy (non-hydrogen) atoms. The van der Waals surface area contributed by atoms with E-state index in [0.29, 0.717) is 28.4 Å². The number of nitrogens with zero attached hydrogens (tertiary/aromatic N) is 5. The van der Waals surface area contributed by atoms with Crippen LogP contribution in [0.4, 0.5) is 11.1 Å². The number of H-pyrrole nitrogens is 1. The molecule has 5 N–H and O–H groups in total. The Kier molecular flexibility index (Phi) is 7.77.